The Morgan fingerprint density at radius 3 is 2.95 bits per heavy atom. The fourth-order valence-electron chi connectivity index (χ4n) is 2.33. The second kappa shape index (κ2) is 5.72. The van der Waals surface area contributed by atoms with Gasteiger partial charge in [0, 0.05) is 25.2 Å². The predicted molar refractivity (Wildman–Crippen MR) is 73.4 cm³/mol. The number of piperidine rings is 1. The van der Waals surface area contributed by atoms with Gasteiger partial charge in [-0.1, -0.05) is 0 Å². The first kappa shape index (κ1) is 14.0. The lowest BCUT2D eigenvalue weighted by molar-refractivity contribution is -0.385. The van der Waals surface area contributed by atoms with Crippen molar-refractivity contribution in [2.75, 3.05) is 18.4 Å². The van der Waals surface area contributed by atoms with Crippen molar-refractivity contribution in [3.05, 3.63) is 27.9 Å². The van der Waals surface area contributed by atoms with Gasteiger partial charge in [-0.3, -0.25) is 10.1 Å². The lowest BCUT2D eigenvalue weighted by Crippen LogP contribution is -2.47. The largest absolute Gasteiger partial charge is 0.366 e. The number of nitro groups is 1. The van der Waals surface area contributed by atoms with Crippen molar-refractivity contribution in [3.63, 3.8) is 0 Å². The van der Waals surface area contributed by atoms with Gasteiger partial charge in [-0.05, 0) is 25.8 Å². The summed E-state index contributed by atoms with van der Waals surface area (Å²) in [5, 5.41) is 13.9. The molecule has 8 heteroatoms. The highest BCUT2D eigenvalue weighted by molar-refractivity contribution is 5.72. The Morgan fingerprint density at radius 2 is 2.35 bits per heavy atom. The van der Waals surface area contributed by atoms with Crippen LogP contribution in [0, 0.1) is 17.0 Å². The van der Waals surface area contributed by atoms with Crippen LogP contribution in [0.1, 0.15) is 18.5 Å². The van der Waals surface area contributed by atoms with Gasteiger partial charge in [0.15, 0.2) is 0 Å². The molecule has 0 unspecified atom stereocenters. The second-order valence-corrected chi connectivity index (χ2v) is 4.83. The van der Waals surface area contributed by atoms with Gasteiger partial charge in [0.05, 0.1) is 4.92 Å². The molecule has 1 fully saturated rings. The molecule has 8 nitrogen and oxygen atoms in total. The molecule has 2 rings (SSSR count). The fraction of sp³-hybridized carbons (Fsp3) is 0.500. The van der Waals surface area contributed by atoms with Crippen LogP contribution < -0.4 is 11.1 Å². The zero-order chi connectivity index (χ0) is 14.7. The summed E-state index contributed by atoms with van der Waals surface area (Å²) in [6.45, 7) is 2.78. The number of anilines is 1. The lowest BCUT2D eigenvalue weighted by Gasteiger charge is -2.32. The topological polar surface area (TPSA) is 114 Å². The molecule has 108 valence electrons. The van der Waals surface area contributed by atoms with E-state index in [1.165, 1.54) is 6.07 Å². The summed E-state index contributed by atoms with van der Waals surface area (Å²) in [5.74, 6) is 0.574. The maximum Gasteiger partial charge on any atom is 0.314 e. The van der Waals surface area contributed by atoms with Crippen LogP contribution in [0.5, 0.6) is 0 Å². The molecule has 0 spiro atoms. The first-order valence-electron chi connectivity index (χ1n) is 6.40. The zero-order valence-corrected chi connectivity index (χ0v) is 11.2. The van der Waals surface area contributed by atoms with Gasteiger partial charge in [-0.15, -0.1) is 0 Å². The van der Waals surface area contributed by atoms with E-state index in [0.29, 0.717) is 24.6 Å². The average molecular weight is 279 g/mol. The molecule has 3 N–H and O–H groups in total. The van der Waals surface area contributed by atoms with Crippen molar-refractivity contribution >= 4 is 17.5 Å². The number of amides is 2. The standard InChI is InChI=1S/C12H17N5O3/c1-8-10(17(19)20)4-5-11(14-8)15-9-3-2-6-16(7-9)12(13)18/h4-5,9H,2-3,6-7H2,1H3,(H2,13,18)(H,14,15)/t9-/m1/s1. The van der Waals surface area contributed by atoms with E-state index in [1.54, 1.807) is 17.9 Å². The van der Waals surface area contributed by atoms with E-state index >= 15 is 0 Å². The summed E-state index contributed by atoms with van der Waals surface area (Å²) >= 11 is 0. The van der Waals surface area contributed by atoms with Gasteiger partial charge in [0.25, 0.3) is 5.69 Å². The number of nitrogens with two attached hydrogens (primary N) is 1. The van der Waals surface area contributed by atoms with E-state index in [1.807, 2.05) is 0 Å². The molecular formula is C12H17N5O3. The molecule has 0 radical (unpaired) electrons. The molecule has 0 aromatic carbocycles. The highest BCUT2D eigenvalue weighted by Gasteiger charge is 2.22. The Bertz CT molecular complexity index is 534. The SMILES string of the molecule is Cc1nc(N[C@@H]2CCCN(C(N)=O)C2)ccc1[N+](=O)[O-]. The predicted octanol–water partition coefficient (Wildman–Crippen LogP) is 1.25. The minimum absolute atomic E-state index is 0.00189. The van der Waals surface area contributed by atoms with Crippen LogP contribution in [-0.4, -0.2) is 40.0 Å². The number of hydrogen-bond donors (Lipinski definition) is 2. The van der Waals surface area contributed by atoms with E-state index < -0.39 is 11.0 Å². The summed E-state index contributed by atoms with van der Waals surface area (Å²) < 4.78 is 0. The maximum absolute atomic E-state index is 11.2. The molecule has 1 aromatic rings. The molecule has 0 saturated carbocycles. The first-order valence-corrected chi connectivity index (χ1v) is 6.40. The quantitative estimate of drug-likeness (QED) is 0.638. The van der Waals surface area contributed by atoms with Crippen LogP contribution in [0.25, 0.3) is 0 Å². The number of aromatic nitrogens is 1. The van der Waals surface area contributed by atoms with Crippen LogP contribution in [0.15, 0.2) is 12.1 Å². The Morgan fingerprint density at radius 1 is 1.60 bits per heavy atom. The van der Waals surface area contributed by atoms with Gasteiger partial charge in [0.1, 0.15) is 11.5 Å². The third-order valence-corrected chi connectivity index (χ3v) is 3.34. The Labute approximate surface area is 116 Å². The normalized spacial score (nSPS) is 18.6. The number of carbonyl (C=O) groups is 1. The van der Waals surface area contributed by atoms with Gasteiger partial charge in [-0.25, -0.2) is 9.78 Å². The molecule has 0 bridgehead atoms. The van der Waals surface area contributed by atoms with Crippen molar-refractivity contribution in [2.45, 2.75) is 25.8 Å². The summed E-state index contributed by atoms with van der Waals surface area (Å²) in [5.41, 5.74) is 5.63. The maximum atomic E-state index is 11.2. The van der Waals surface area contributed by atoms with Crippen molar-refractivity contribution in [3.8, 4) is 0 Å². The Kier molecular flexibility index (Phi) is 4.02. The summed E-state index contributed by atoms with van der Waals surface area (Å²) in [7, 11) is 0. The van der Waals surface area contributed by atoms with Crippen molar-refractivity contribution in [1.29, 1.82) is 0 Å². The van der Waals surface area contributed by atoms with Crippen LogP contribution in [0.4, 0.5) is 16.3 Å². The number of likely N-dealkylation sites (tertiary alicyclic amines) is 1. The monoisotopic (exact) mass is 279 g/mol. The van der Waals surface area contributed by atoms with Gasteiger partial charge >= 0.3 is 6.03 Å². The number of carbonyl (C=O) groups excluding carboxylic acids is 1. The van der Waals surface area contributed by atoms with E-state index in [9.17, 15) is 14.9 Å². The minimum Gasteiger partial charge on any atom is -0.366 e. The number of pyridine rings is 1. The van der Waals surface area contributed by atoms with Crippen molar-refractivity contribution < 1.29 is 9.72 Å². The van der Waals surface area contributed by atoms with Gasteiger partial charge in [-0.2, -0.15) is 0 Å². The molecule has 2 amide bonds. The lowest BCUT2D eigenvalue weighted by atomic mass is 10.1. The van der Waals surface area contributed by atoms with Crippen LogP contribution in [0.2, 0.25) is 0 Å². The smallest absolute Gasteiger partial charge is 0.314 e. The van der Waals surface area contributed by atoms with Crippen molar-refractivity contribution in [1.82, 2.24) is 9.88 Å². The molecular weight excluding hydrogens is 262 g/mol. The third kappa shape index (κ3) is 3.14. The molecule has 0 aliphatic carbocycles. The summed E-state index contributed by atoms with van der Waals surface area (Å²) in [6.07, 6.45) is 1.77. The molecule has 2 heterocycles. The number of rotatable bonds is 3. The van der Waals surface area contributed by atoms with E-state index in [2.05, 4.69) is 10.3 Å². The average Bonchev–Trinajstić information content (AvgIpc) is 2.38. The fourth-order valence-corrected chi connectivity index (χ4v) is 2.33. The van der Waals surface area contributed by atoms with Gasteiger partial charge in [0.2, 0.25) is 0 Å². The molecule has 1 aromatic heterocycles. The molecule has 20 heavy (non-hydrogen) atoms. The molecule has 1 aliphatic heterocycles. The highest BCUT2D eigenvalue weighted by atomic mass is 16.6. The highest BCUT2D eigenvalue weighted by Crippen LogP contribution is 2.20. The zero-order valence-electron chi connectivity index (χ0n) is 11.2. The van der Waals surface area contributed by atoms with Crippen LogP contribution >= 0.6 is 0 Å². The summed E-state index contributed by atoms with van der Waals surface area (Å²) in [6, 6.07) is 2.64. The molecule has 1 aliphatic rings. The van der Waals surface area contributed by atoms with E-state index in [4.69, 9.17) is 5.73 Å². The minimum atomic E-state index is -0.457. The number of aryl methyl sites for hydroxylation is 1. The Balaban J connectivity index is 2.04. The molecule has 1 saturated heterocycles. The Hall–Kier alpha value is -2.38. The van der Waals surface area contributed by atoms with E-state index in [0.717, 1.165) is 12.8 Å². The third-order valence-electron chi connectivity index (χ3n) is 3.34. The van der Waals surface area contributed by atoms with Crippen LogP contribution in [0.3, 0.4) is 0 Å². The number of urea groups is 1. The first-order chi connectivity index (χ1) is 9.47. The second-order valence-electron chi connectivity index (χ2n) is 4.83. The number of nitrogens with zero attached hydrogens (tertiary/aromatic N) is 3. The van der Waals surface area contributed by atoms with Crippen molar-refractivity contribution in [2.24, 2.45) is 5.73 Å². The summed E-state index contributed by atoms with van der Waals surface area (Å²) in [4.78, 5) is 27.2. The number of nitrogens with one attached hydrogen (secondary N) is 1. The number of primary amides is 1. The van der Waals surface area contributed by atoms with Gasteiger partial charge < -0.3 is 16.0 Å². The molecule has 1 atom stereocenters. The van der Waals surface area contributed by atoms with E-state index in [-0.39, 0.29) is 11.7 Å². The van der Waals surface area contributed by atoms with Crippen LogP contribution in [-0.2, 0) is 0 Å². The number of hydrogen-bond acceptors (Lipinski definition) is 5.